The molecule has 2 N–H and O–H groups in total. The molecule has 33 heavy (non-hydrogen) atoms. The summed E-state index contributed by atoms with van der Waals surface area (Å²) in [5.74, 6) is 1.15. The van der Waals surface area contributed by atoms with Gasteiger partial charge in [0.1, 0.15) is 5.82 Å². The van der Waals surface area contributed by atoms with E-state index in [1.54, 1.807) is 24.0 Å². The first kappa shape index (κ1) is 22.8. The number of thioether (sulfide) groups is 1. The van der Waals surface area contributed by atoms with Crippen LogP contribution in [-0.2, 0) is 16.7 Å². The van der Waals surface area contributed by atoms with E-state index < -0.39 is 11.7 Å². The second-order valence-corrected chi connectivity index (χ2v) is 8.92. The predicted octanol–water partition coefficient (Wildman–Crippen LogP) is 6.21. The first-order valence-corrected chi connectivity index (χ1v) is 11.4. The Balaban J connectivity index is 1.45. The Labute approximate surface area is 194 Å². The lowest BCUT2D eigenvalue weighted by Crippen LogP contribution is -2.07. The van der Waals surface area contributed by atoms with Gasteiger partial charge in [-0.25, -0.2) is 4.98 Å². The Morgan fingerprint density at radius 3 is 2.82 bits per heavy atom. The molecule has 0 atom stereocenters. The summed E-state index contributed by atoms with van der Waals surface area (Å²) in [6.07, 6.45) is -2.82. The number of halogens is 3. The molecular weight excluding hydrogens is 475 g/mol. The van der Waals surface area contributed by atoms with Crippen molar-refractivity contribution in [2.45, 2.75) is 23.1 Å². The van der Waals surface area contributed by atoms with Crippen LogP contribution in [0.2, 0.25) is 0 Å². The van der Waals surface area contributed by atoms with E-state index >= 15 is 0 Å². The van der Waals surface area contributed by atoms with E-state index in [9.17, 15) is 18.0 Å². The van der Waals surface area contributed by atoms with Gasteiger partial charge in [-0.1, -0.05) is 11.2 Å². The van der Waals surface area contributed by atoms with E-state index in [0.717, 1.165) is 27.5 Å². The summed E-state index contributed by atoms with van der Waals surface area (Å²) in [5, 5.41) is 15.2. The molecule has 4 rings (SSSR count). The summed E-state index contributed by atoms with van der Waals surface area (Å²) in [5.41, 5.74) is 1.11. The zero-order valence-electron chi connectivity index (χ0n) is 17.0. The van der Waals surface area contributed by atoms with Gasteiger partial charge < -0.3 is 15.1 Å². The van der Waals surface area contributed by atoms with Crippen molar-refractivity contribution in [2.75, 3.05) is 10.6 Å². The van der Waals surface area contributed by atoms with Gasteiger partial charge in [0.05, 0.1) is 15.3 Å². The van der Waals surface area contributed by atoms with Crippen LogP contribution in [0, 0.1) is 0 Å². The van der Waals surface area contributed by atoms with Crippen molar-refractivity contribution in [3.05, 3.63) is 65.2 Å². The molecule has 0 saturated heterocycles. The Morgan fingerprint density at radius 2 is 2.03 bits per heavy atom. The first-order valence-electron chi connectivity index (χ1n) is 9.49. The van der Waals surface area contributed by atoms with Gasteiger partial charge in [0.25, 0.3) is 5.89 Å². The van der Waals surface area contributed by atoms with Crippen LogP contribution in [0.4, 0.5) is 30.7 Å². The molecule has 0 aliphatic rings. The highest BCUT2D eigenvalue weighted by molar-refractivity contribution is 8.00. The van der Waals surface area contributed by atoms with Crippen LogP contribution in [0.15, 0.2) is 62.7 Å². The van der Waals surface area contributed by atoms with E-state index in [1.165, 1.54) is 30.4 Å². The number of thiophene rings is 1. The fraction of sp³-hybridized carbons (Fsp3) is 0.143. The quantitative estimate of drug-likeness (QED) is 0.297. The standard InChI is InChI=1S/C21H16F3N5O2S2/c1-12(30)26-17-9-13(5-7-25-17)11-33-19-16(6-8-32-19)18-28-29-20(31-18)27-15-4-2-3-14(10-15)21(22,23)24/h2-10H,11H2,1H3,(H,27,29)(H,25,26,30). The fourth-order valence-corrected chi connectivity index (χ4v) is 4.82. The topological polar surface area (TPSA) is 92.9 Å². The monoisotopic (exact) mass is 491 g/mol. The summed E-state index contributed by atoms with van der Waals surface area (Å²) in [6.45, 7) is 1.42. The highest BCUT2D eigenvalue weighted by Gasteiger charge is 2.30. The third kappa shape index (κ3) is 5.90. The average molecular weight is 492 g/mol. The number of carbonyl (C=O) groups is 1. The zero-order chi connectivity index (χ0) is 23.4. The number of nitrogens with one attached hydrogen (secondary N) is 2. The zero-order valence-corrected chi connectivity index (χ0v) is 18.6. The van der Waals surface area contributed by atoms with E-state index in [4.69, 9.17) is 4.42 Å². The maximum atomic E-state index is 12.9. The number of alkyl halides is 3. The van der Waals surface area contributed by atoms with E-state index in [-0.39, 0.29) is 23.5 Å². The molecule has 0 saturated carbocycles. The van der Waals surface area contributed by atoms with Gasteiger partial charge in [-0.3, -0.25) is 4.79 Å². The molecule has 0 unspecified atom stereocenters. The molecular formula is C21H16F3N5O2S2. The third-order valence-corrected chi connectivity index (χ3v) is 6.53. The third-order valence-electron chi connectivity index (χ3n) is 4.22. The molecule has 170 valence electrons. The maximum Gasteiger partial charge on any atom is 0.416 e. The largest absolute Gasteiger partial charge is 0.416 e. The average Bonchev–Trinajstić information content (AvgIpc) is 3.41. The van der Waals surface area contributed by atoms with Gasteiger partial charge in [-0.15, -0.1) is 28.2 Å². The van der Waals surface area contributed by atoms with Gasteiger partial charge >= 0.3 is 12.2 Å². The Kier molecular flexibility index (Phi) is 6.65. The number of rotatable bonds is 7. The van der Waals surface area contributed by atoms with Crippen LogP contribution in [0.5, 0.6) is 0 Å². The number of anilines is 3. The van der Waals surface area contributed by atoms with Crippen LogP contribution >= 0.6 is 23.1 Å². The molecule has 3 heterocycles. The number of aromatic nitrogens is 3. The van der Waals surface area contributed by atoms with Gasteiger partial charge in [0.2, 0.25) is 5.91 Å². The fourth-order valence-electron chi connectivity index (χ4n) is 2.81. The van der Waals surface area contributed by atoms with Crippen LogP contribution in [-0.4, -0.2) is 21.1 Å². The number of nitrogens with zero attached hydrogens (tertiary/aromatic N) is 3. The Bertz CT molecular complexity index is 1270. The molecule has 4 aromatic rings. The molecule has 0 bridgehead atoms. The molecule has 0 spiro atoms. The van der Waals surface area contributed by atoms with Gasteiger partial charge in [-0.05, 0) is 47.3 Å². The summed E-state index contributed by atoms with van der Waals surface area (Å²) in [6, 6.07) is 10.2. The number of hydrogen-bond acceptors (Lipinski definition) is 8. The smallest absolute Gasteiger partial charge is 0.403 e. The van der Waals surface area contributed by atoms with Crippen molar-refractivity contribution in [1.29, 1.82) is 0 Å². The highest BCUT2D eigenvalue weighted by atomic mass is 32.2. The second kappa shape index (κ2) is 9.63. The minimum Gasteiger partial charge on any atom is -0.403 e. The number of pyridine rings is 1. The molecule has 0 radical (unpaired) electrons. The van der Waals surface area contributed by atoms with Crippen molar-refractivity contribution >= 4 is 46.5 Å². The van der Waals surface area contributed by atoms with Gasteiger partial charge in [-0.2, -0.15) is 13.2 Å². The Morgan fingerprint density at radius 1 is 1.18 bits per heavy atom. The van der Waals surface area contributed by atoms with E-state index in [0.29, 0.717) is 11.6 Å². The lowest BCUT2D eigenvalue weighted by Gasteiger charge is -2.08. The van der Waals surface area contributed by atoms with Gasteiger partial charge in [0, 0.05) is 24.6 Å². The van der Waals surface area contributed by atoms with E-state index in [1.807, 2.05) is 17.5 Å². The van der Waals surface area contributed by atoms with E-state index in [2.05, 4.69) is 25.8 Å². The van der Waals surface area contributed by atoms with Crippen molar-refractivity contribution < 1.29 is 22.4 Å². The summed E-state index contributed by atoms with van der Waals surface area (Å²) in [7, 11) is 0. The molecule has 0 aliphatic heterocycles. The molecule has 1 aromatic carbocycles. The van der Waals surface area contributed by atoms with Crippen LogP contribution in [0.25, 0.3) is 11.5 Å². The molecule has 1 amide bonds. The van der Waals surface area contributed by atoms with Crippen molar-refractivity contribution in [3.8, 4) is 11.5 Å². The number of amides is 1. The van der Waals surface area contributed by atoms with Crippen molar-refractivity contribution in [2.24, 2.45) is 0 Å². The number of hydrogen-bond donors (Lipinski definition) is 2. The lowest BCUT2D eigenvalue weighted by atomic mass is 10.2. The molecule has 7 nitrogen and oxygen atoms in total. The van der Waals surface area contributed by atoms with Crippen LogP contribution < -0.4 is 10.6 Å². The van der Waals surface area contributed by atoms with Crippen molar-refractivity contribution in [1.82, 2.24) is 15.2 Å². The van der Waals surface area contributed by atoms with Crippen LogP contribution in [0.3, 0.4) is 0 Å². The number of benzene rings is 1. The van der Waals surface area contributed by atoms with Gasteiger partial charge in [0.15, 0.2) is 0 Å². The van der Waals surface area contributed by atoms with Crippen molar-refractivity contribution in [3.63, 3.8) is 0 Å². The highest BCUT2D eigenvalue weighted by Crippen LogP contribution is 2.38. The lowest BCUT2D eigenvalue weighted by molar-refractivity contribution is -0.137. The first-order chi connectivity index (χ1) is 15.8. The second-order valence-electron chi connectivity index (χ2n) is 6.76. The molecule has 0 fully saturated rings. The number of carbonyl (C=O) groups excluding carboxylic acids is 1. The normalized spacial score (nSPS) is 11.4. The minimum atomic E-state index is -4.45. The summed E-state index contributed by atoms with van der Waals surface area (Å²) in [4.78, 5) is 15.3. The summed E-state index contributed by atoms with van der Waals surface area (Å²) < 4.78 is 45.3. The molecule has 0 aliphatic carbocycles. The molecule has 12 heteroatoms. The Hall–Kier alpha value is -3.38. The minimum absolute atomic E-state index is 0.0134. The van der Waals surface area contributed by atoms with Crippen LogP contribution in [0.1, 0.15) is 18.1 Å². The summed E-state index contributed by atoms with van der Waals surface area (Å²) >= 11 is 3.05. The molecule has 3 aromatic heterocycles. The predicted molar refractivity (Wildman–Crippen MR) is 120 cm³/mol. The maximum absolute atomic E-state index is 12.9. The SMILES string of the molecule is CC(=O)Nc1cc(CSc2sccc2-c2nnc(Nc3cccc(C(F)(F)F)c3)o2)ccn1.